The van der Waals surface area contributed by atoms with Crippen molar-refractivity contribution in [3.05, 3.63) is 24.3 Å². The van der Waals surface area contributed by atoms with Crippen molar-refractivity contribution in [2.45, 2.75) is 25.8 Å². The van der Waals surface area contributed by atoms with Crippen molar-refractivity contribution in [1.29, 1.82) is 0 Å². The lowest BCUT2D eigenvalue weighted by molar-refractivity contribution is 0.693. The predicted molar refractivity (Wildman–Crippen MR) is 72.7 cm³/mol. The number of benzene rings is 1. The van der Waals surface area contributed by atoms with Crippen molar-refractivity contribution in [3.63, 3.8) is 0 Å². The molecule has 1 atom stereocenters. The summed E-state index contributed by atoms with van der Waals surface area (Å²) < 4.78 is 1.23. The lowest BCUT2D eigenvalue weighted by Gasteiger charge is -2.11. The van der Waals surface area contributed by atoms with Gasteiger partial charge in [-0.05, 0) is 31.9 Å². The minimum Gasteiger partial charge on any atom is -0.359 e. The first-order valence-corrected chi connectivity index (χ1v) is 6.83. The second-order valence-electron chi connectivity index (χ2n) is 3.86. The quantitative estimate of drug-likeness (QED) is 0.812. The molecule has 86 valence electrons. The molecular weight excluding hydrogens is 240 g/mol. The molecule has 0 aliphatic rings. The molecular formula is C12H15ClN2S. The molecule has 1 aromatic carbocycles. The maximum Gasteiger partial charge on any atom is 0.183 e. The number of nitrogens with zero attached hydrogens (tertiary/aromatic N) is 1. The topological polar surface area (TPSA) is 24.9 Å². The number of fused-ring (bicyclic) bond motifs is 1. The van der Waals surface area contributed by atoms with E-state index in [1.165, 1.54) is 4.70 Å². The fraction of sp³-hybridized carbons (Fsp3) is 0.417. The van der Waals surface area contributed by atoms with E-state index in [0.717, 1.165) is 29.4 Å². The minimum absolute atomic E-state index is 0.430. The lowest BCUT2D eigenvalue weighted by atomic mass is 10.2. The van der Waals surface area contributed by atoms with Gasteiger partial charge in [0.2, 0.25) is 0 Å². The van der Waals surface area contributed by atoms with Crippen LogP contribution < -0.4 is 5.32 Å². The third-order valence-electron chi connectivity index (χ3n) is 2.43. The van der Waals surface area contributed by atoms with Crippen LogP contribution in [-0.2, 0) is 0 Å². The van der Waals surface area contributed by atoms with E-state index in [1.807, 2.05) is 18.2 Å². The Labute approximate surface area is 105 Å². The van der Waals surface area contributed by atoms with E-state index in [0.29, 0.717) is 6.04 Å². The molecule has 0 amide bonds. The number of rotatable bonds is 5. The molecule has 0 bridgehead atoms. The Hall–Kier alpha value is -0.800. The molecule has 0 aliphatic heterocycles. The van der Waals surface area contributed by atoms with Crippen molar-refractivity contribution in [1.82, 2.24) is 4.98 Å². The van der Waals surface area contributed by atoms with Crippen LogP contribution in [0.2, 0.25) is 0 Å². The van der Waals surface area contributed by atoms with Crippen LogP contribution >= 0.6 is 22.9 Å². The number of hydrogen-bond donors (Lipinski definition) is 1. The van der Waals surface area contributed by atoms with Crippen molar-refractivity contribution in [3.8, 4) is 0 Å². The molecule has 0 radical (unpaired) electrons. The monoisotopic (exact) mass is 254 g/mol. The number of anilines is 1. The smallest absolute Gasteiger partial charge is 0.183 e. The molecule has 1 N–H and O–H groups in total. The van der Waals surface area contributed by atoms with Crippen LogP contribution in [0.4, 0.5) is 5.13 Å². The minimum atomic E-state index is 0.430. The highest BCUT2D eigenvalue weighted by Crippen LogP contribution is 2.26. The number of hydrogen-bond acceptors (Lipinski definition) is 3. The number of thiazole rings is 1. The van der Waals surface area contributed by atoms with Gasteiger partial charge in [0.25, 0.3) is 0 Å². The average molecular weight is 255 g/mol. The predicted octanol–water partition coefficient (Wildman–Crippen LogP) is 4.12. The first-order chi connectivity index (χ1) is 7.79. The number of alkyl halides is 1. The molecule has 2 nitrogen and oxygen atoms in total. The Morgan fingerprint density at radius 1 is 1.44 bits per heavy atom. The zero-order valence-corrected chi connectivity index (χ0v) is 10.8. The highest BCUT2D eigenvalue weighted by Gasteiger charge is 2.06. The highest BCUT2D eigenvalue weighted by molar-refractivity contribution is 7.22. The molecule has 0 aliphatic carbocycles. The van der Waals surface area contributed by atoms with Crippen molar-refractivity contribution in [2.24, 2.45) is 0 Å². The van der Waals surface area contributed by atoms with Crippen molar-refractivity contribution < 1.29 is 0 Å². The van der Waals surface area contributed by atoms with E-state index >= 15 is 0 Å². The molecule has 1 heterocycles. The Kier molecular flexibility index (Phi) is 4.02. The summed E-state index contributed by atoms with van der Waals surface area (Å²) in [7, 11) is 0. The van der Waals surface area contributed by atoms with Gasteiger partial charge in [0, 0.05) is 11.9 Å². The number of halogens is 1. The first-order valence-electron chi connectivity index (χ1n) is 5.47. The van der Waals surface area contributed by atoms with E-state index in [1.54, 1.807) is 11.3 Å². The van der Waals surface area contributed by atoms with Gasteiger partial charge in [0.15, 0.2) is 5.13 Å². The van der Waals surface area contributed by atoms with Gasteiger partial charge in [-0.25, -0.2) is 4.98 Å². The van der Waals surface area contributed by atoms with E-state index in [4.69, 9.17) is 11.6 Å². The van der Waals surface area contributed by atoms with Crippen LogP contribution in [0.3, 0.4) is 0 Å². The summed E-state index contributed by atoms with van der Waals surface area (Å²) in [6.07, 6.45) is 2.13. The standard InChI is InChI=1S/C12H15ClN2S/c1-9(5-4-8-13)14-12-15-10-6-2-3-7-11(10)16-12/h2-3,6-7,9H,4-5,8H2,1H3,(H,14,15). The number of nitrogens with one attached hydrogen (secondary N) is 1. The highest BCUT2D eigenvalue weighted by atomic mass is 35.5. The molecule has 1 unspecified atom stereocenters. The maximum atomic E-state index is 5.67. The van der Waals surface area contributed by atoms with Gasteiger partial charge in [-0.3, -0.25) is 0 Å². The maximum absolute atomic E-state index is 5.67. The van der Waals surface area contributed by atoms with Crippen LogP contribution in [-0.4, -0.2) is 16.9 Å². The van der Waals surface area contributed by atoms with Crippen LogP contribution in [0.25, 0.3) is 10.2 Å². The second-order valence-corrected chi connectivity index (χ2v) is 5.27. The number of aromatic nitrogens is 1. The third-order valence-corrected chi connectivity index (χ3v) is 3.67. The SMILES string of the molecule is CC(CCCCl)Nc1nc2ccccc2s1. The summed E-state index contributed by atoms with van der Waals surface area (Å²) in [6.45, 7) is 2.17. The van der Waals surface area contributed by atoms with Crippen molar-refractivity contribution in [2.75, 3.05) is 11.2 Å². The summed E-state index contributed by atoms with van der Waals surface area (Å²) in [4.78, 5) is 4.54. The van der Waals surface area contributed by atoms with Crippen molar-refractivity contribution >= 4 is 38.3 Å². The molecule has 2 rings (SSSR count). The largest absolute Gasteiger partial charge is 0.359 e. The van der Waals surface area contributed by atoms with Gasteiger partial charge in [-0.2, -0.15) is 0 Å². The lowest BCUT2D eigenvalue weighted by Crippen LogP contribution is -2.14. The molecule has 0 saturated heterocycles. The van der Waals surface area contributed by atoms with E-state index in [9.17, 15) is 0 Å². The normalized spacial score (nSPS) is 12.9. The summed E-state index contributed by atoms with van der Waals surface area (Å²) >= 11 is 7.38. The third kappa shape index (κ3) is 2.86. The Morgan fingerprint density at radius 3 is 3.00 bits per heavy atom. The fourth-order valence-electron chi connectivity index (χ4n) is 1.60. The van der Waals surface area contributed by atoms with Gasteiger partial charge in [0.05, 0.1) is 10.2 Å². The first kappa shape index (κ1) is 11.7. The summed E-state index contributed by atoms with van der Waals surface area (Å²) in [6, 6.07) is 8.63. The van der Waals surface area contributed by atoms with Crippen LogP contribution in [0.1, 0.15) is 19.8 Å². The van der Waals surface area contributed by atoms with Crippen LogP contribution in [0.15, 0.2) is 24.3 Å². The molecule has 0 fully saturated rings. The van der Waals surface area contributed by atoms with E-state index in [-0.39, 0.29) is 0 Å². The van der Waals surface area contributed by atoms with Gasteiger partial charge in [-0.1, -0.05) is 23.5 Å². The zero-order valence-electron chi connectivity index (χ0n) is 9.24. The second kappa shape index (κ2) is 5.51. The molecule has 16 heavy (non-hydrogen) atoms. The van der Waals surface area contributed by atoms with E-state index < -0.39 is 0 Å². The fourth-order valence-corrected chi connectivity index (χ4v) is 2.73. The Morgan fingerprint density at radius 2 is 2.25 bits per heavy atom. The van der Waals surface area contributed by atoms with Gasteiger partial charge in [-0.15, -0.1) is 11.6 Å². The number of para-hydroxylation sites is 1. The Bertz CT molecular complexity index is 422. The molecule has 0 saturated carbocycles. The van der Waals surface area contributed by atoms with Gasteiger partial charge in [0.1, 0.15) is 0 Å². The van der Waals surface area contributed by atoms with Crippen LogP contribution in [0, 0.1) is 0 Å². The molecule has 2 aromatic rings. The summed E-state index contributed by atoms with van der Waals surface area (Å²) in [5.74, 6) is 0.728. The zero-order chi connectivity index (χ0) is 11.4. The summed E-state index contributed by atoms with van der Waals surface area (Å²) in [5, 5.41) is 4.42. The summed E-state index contributed by atoms with van der Waals surface area (Å²) in [5.41, 5.74) is 1.07. The van der Waals surface area contributed by atoms with Gasteiger partial charge < -0.3 is 5.32 Å². The van der Waals surface area contributed by atoms with E-state index in [2.05, 4.69) is 23.3 Å². The molecule has 4 heteroatoms. The Balaban J connectivity index is 2.03. The molecule has 0 spiro atoms. The van der Waals surface area contributed by atoms with Gasteiger partial charge >= 0.3 is 0 Å². The molecule has 1 aromatic heterocycles. The average Bonchev–Trinajstić information content (AvgIpc) is 2.68. The van der Waals surface area contributed by atoms with Crippen LogP contribution in [0.5, 0.6) is 0 Å².